The van der Waals surface area contributed by atoms with Gasteiger partial charge in [-0.2, -0.15) is 0 Å². The van der Waals surface area contributed by atoms with E-state index in [9.17, 15) is 9.59 Å². The van der Waals surface area contributed by atoms with Crippen LogP contribution in [0.25, 0.3) is 0 Å². The molecule has 1 aromatic rings. The second kappa shape index (κ2) is 12.1. The van der Waals surface area contributed by atoms with Gasteiger partial charge in [-0.05, 0) is 26.0 Å². The van der Waals surface area contributed by atoms with Crippen LogP contribution in [0.5, 0.6) is 11.5 Å². The van der Waals surface area contributed by atoms with Gasteiger partial charge in [-0.1, -0.05) is 12.1 Å². The summed E-state index contributed by atoms with van der Waals surface area (Å²) in [5.74, 6) is -0.0995. The van der Waals surface area contributed by atoms with Gasteiger partial charge in [0.2, 0.25) is 12.6 Å². The molecule has 8 heteroatoms. The number of rotatable bonds is 12. The molecule has 0 aliphatic carbocycles. The molecule has 0 N–H and O–H groups in total. The van der Waals surface area contributed by atoms with E-state index in [0.717, 1.165) is 0 Å². The van der Waals surface area contributed by atoms with Crippen LogP contribution in [-0.4, -0.2) is 50.9 Å². The van der Waals surface area contributed by atoms with E-state index in [1.165, 1.54) is 13.8 Å². The molecule has 0 amide bonds. The maximum atomic E-state index is 11.0. The Labute approximate surface area is 153 Å². The van der Waals surface area contributed by atoms with Crippen molar-refractivity contribution < 1.29 is 38.0 Å². The molecule has 0 aromatic heterocycles. The average Bonchev–Trinajstić information content (AvgIpc) is 2.59. The lowest BCUT2D eigenvalue weighted by Gasteiger charge is -2.23. The molecule has 2 unspecified atom stereocenters. The molecular formula is C18H26O8. The van der Waals surface area contributed by atoms with Crippen LogP contribution in [0, 0.1) is 0 Å². The first kappa shape index (κ1) is 21.7. The molecule has 0 fully saturated rings. The van der Waals surface area contributed by atoms with Crippen molar-refractivity contribution in [3.05, 3.63) is 24.3 Å². The topological polar surface area (TPSA) is 89.5 Å². The molecule has 0 spiro atoms. The Morgan fingerprint density at radius 1 is 0.808 bits per heavy atom. The average molecular weight is 370 g/mol. The predicted octanol–water partition coefficient (Wildman–Crippen LogP) is 2.30. The van der Waals surface area contributed by atoms with Crippen LogP contribution in [-0.2, 0) is 28.5 Å². The molecule has 0 heterocycles. The zero-order valence-electron chi connectivity index (χ0n) is 15.6. The lowest BCUT2D eigenvalue weighted by molar-refractivity contribution is -0.161. The van der Waals surface area contributed by atoms with Crippen LogP contribution < -0.4 is 9.47 Å². The van der Waals surface area contributed by atoms with Crippen LogP contribution in [0.1, 0.15) is 27.7 Å². The summed E-state index contributed by atoms with van der Waals surface area (Å²) < 4.78 is 32.2. The molecule has 0 radical (unpaired) electrons. The van der Waals surface area contributed by atoms with E-state index >= 15 is 0 Å². The number of carbonyl (C=O) groups excluding carboxylic acids is 2. The Kier molecular flexibility index (Phi) is 10.1. The highest BCUT2D eigenvalue weighted by molar-refractivity contribution is 5.66. The molecule has 0 saturated heterocycles. The lowest BCUT2D eigenvalue weighted by atomic mass is 10.3. The van der Waals surface area contributed by atoms with Gasteiger partial charge in [0.25, 0.3) is 0 Å². The smallest absolute Gasteiger partial charge is 0.302 e. The predicted molar refractivity (Wildman–Crippen MR) is 91.8 cm³/mol. The number of ether oxygens (including phenoxy) is 6. The summed E-state index contributed by atoms with van der Waals surface area (Å²) in [5, 5.41) is 0. The van der Waals surface area contributed by atoms with Gasteiger partial charge in [-0.3, -0.25) is 9.59 Å². The molecule has 26 heavy (non-hydrogen) atoms. The first-order valence-electron chi connectivity index (χ1n) is 8.38. The highest BCUT2D eigenvalue weighted by Crippen LogP contribution is 2.29. The van der Waals surface area contributed by atoms with E-state index in [0.29, 0.717) is 24.7 Å². The van der Waals surface area contributed by atoms with Crippen LogP contribution in [0.4, 0.5) is 0 Å². The quantitative estimate of drug-likeness (QED) is 0.409. The van der Waals surface area contributed by atoms with E-state index in [-0.39, 0.29) is 13.2 Å². The van der Waals surface area contributed by atoms with E-state index in [4.69, 9.17) is 28.4 Å². The van der Waals surface area contributed by atoms with Crippen molar-refractivity contribution in [2.45, 2.75) is 40.3 Å². The SMILES string of the molecule is CCOC(COC(C)=O)Oc1ccccc1OC(COC(C)=O)OCC. The van der Waals surface area contributed by atoms with Crippen molar-refractivity contribution in [1.29, 1.82) is 0 Å². The highest BCUT2D eigenvalue weighted by atomic mass is 16.7. The number of hydrogen-bond acceptors (Lipinski definition) is 8. The minimum atomic E-state index is -0.785. The zero-order valence-corrected chi connectivity index (χ0v) is 15.6. The number of esters is 2. The summed E-state index contributed by atoms with van der Waals surface area (Å²) >= 11 is 0. The Hall–Kier alpha value is -2.32. The lowest BCUT2D eigenvalue weighted by Crippen LogP contribution is -2.29. The first-order valence-corrected chi connectivity index (χ1v) is 8.38. The summed E-state index contributed by atoms with van der Waals surface area (Å²) in [6.45, 7) is 6.86. The number of carbonyl (C=O) groups is 2. The zero-order chi connectivity index (χ0) is 19.4. The number of hydrogen-bond donors (Lipinski definition) is 0. The molecular weight excluding hydrogens is 344 g/mol. The minimum Gasteiger partial charge on any atom is -0.459 e. The van der Waals surface area contributed by atoms with E-state index in [2.05, 4.69) is 0 Å². The van der Waals surface area contributed by atoms with Crippen LogP contribution >= 0.6 is 0 Å². The molecule has 0 saturated carbocycles. The second-order valence-corrected chi connectivity index (χ2v) is 5.06. The molecule has 1 rings (SSSR count). The van der Waals surface area contributed by atoms with Gasteiger partial charge in [-0.15, -0.1) is 0 Å². The minimum absolute atomic E-state index is 0.0557. The van der Waals surface area contributed by atoms with Crippen LogP contribution in [0.3, 0.4) is 0 Å². The summed E-state index contributed by atoms with van der Waals surface area (Å²) in [6.07, 6.45) is -1.57. The third-order valence-electron chi connectivity index (χ3n) is 2.92. The fraction of sp³-hybridized carbons (Fsp3) is 0.556. The fourth-order valence-electron chi connectivity index (χ4n) is 1.90. The molecule has 8 nitrogen and oxygen atoms in total. The summed E-state index contributed by atoms with van der Waals surface area (Å²) in [7, 11) is 0. The third-order valence-corrected chi connectivity index (χ3v) is 2.92. The first-order chi connectivity index (χ1) is 12.5. The molecule has 0 aliphatic heterocycles. The van der Waals surface area contributed by atoms with Gasteiger partial charge >= 0.3 is 11.9 Å². The van der Waals surface area contributed by atoms with Crippen molar-refractivity contribution >= 4 is 11.9 Å². The second-order valence-electron chi connectivity index (χ2n) is 5.06. The van der Waals surface area contributed by atoms with Crippen LogP contribution in [0.2, 0.25) is 0 Å². The summed E-state index contributed by atoms with van der Waals surface area (Å²) in [4.78, 5) is 22.0. The maximum Gasteiger partial charge on any atom is 0.302 e. The van der Waals surface area contributed by atoms with Gasteiger partial charge in [-0.25, -0.2) is 0 Å². The van der Waals surface area contributed by atoms with Crippen LogP contribution in [0.15, 0.2) is 24.3 Å². The van der Waals surface area contributed by atoms with Gasteiger partial charge in [0.05, 0.1) is 0 Å². The number of benzene rings is 1. The van der Waals surface area contributed by atoms with E-state index in [1.54, 1.807) is 38.1 Å². The molecule has 146 valence electrons. The van der Waals surface area contributed by atoms with Gasteiger partial charge in [0.15, 0.2) is 24.7 Å². The normalized spacial score (nSPS) is 12.8. The number of para-hydroxylation sites is 2. The van der Waals surface area contributed by atoms with E-state index in [1.807, 2.05) is 0 Å². The fourth-order valence-corrected chi connectivity index (χ4v) is 1.90. The Morgan fingerprint density at radius 2 is 1.19 bits per heavy atom. The molecule has 0 aliphatic rings. The molecule has 2 atom stereocenters. The Bertz CT molecular complexity index is 511. The summed E-state index contributed by atoms with van der Waals surface area (Å²) in [5.41, 5.74) is 0. The third kappa shape index (κ3) is 8.68. The van der Waals surface area contributed by atoms with Crippen molar-refractivity contribution in [3.8, 4) is 11.5 Å². The van der Waals surface area contributed by atoms with Crippen molar-refractivity contribution in [1.82, 2.24) is 0 Å². The Balaban J connectivity index is 2.82. The Morgan fingerprint density at radius 3 is 1.50 bits per heavy atom. The standard InChI is InChI=1S/C18H26O8/c1-5-21-17(11-23-13(3)19)25-15-9-7-8-10-16(15)26-18(22-6-2)12-24-14(4)20/h7-10,17-18H,5-6,11-12H2,1-4H3. The maximum absolute atomic E-state index is 11.0. The van der Waals surface area contributed by atoms with Crippen molar-refractivity contribution in [2.75, 3.05) is 26.4 Å². The largest absolute Gasteiger partial charge is 0.459 e. The van der Waals surface area contributed by atoms with Gasteiger partial charge in [0, 0.05) is 27.1 Å². The van der Waals surface area contributed by atoms with E-state index < -0.39 is 24.5 Å². The summed E-state index contributed by atoms with van der Waals surface area (Å²) in [6, 6.07) is 6.89. The molecule has 1 aromatic carbocycles. The highest BCUT2D eigenvalue weighted by Gasteiger charge is 2.19. The van der Waals surface area contributed by atoms with Crippen molar-refractivity contribution in [3.63, 3.8) is 0 Å². The van der Waals surface area contributed by atoms with Crippen molar-refractivity contribution in [2.24, 2.45) is 0 Å². The van der Waals surface area contributed by atoms with Gasteiger partial charge < -0.3 is 28.4 Å². The molecule has 0 bridgehead atoms. The van der Waals surface area contributed by atoms with Gasteiger partial charge in [0.1, 0.15) is 0 Å². The monoisotopic (exact) mass is 370 g/mol.